The molecule has 0 atom stereocenters. The number of halogens is 1. The topological polar surface area (TPSA) is 67.4 Å². The first kappa shape index (κ1) is 16.8. The van der Waals surface area contributed by atoms with Crippen LogP contribution in [0.5, 0.6) is 0 Å². The zero-order chi connectivity index (χ0) is 16.7. The molecule has 2 aromatic carbocycles. The smallest absolute Gasteiger partial charge is 0.338 e. The number of esters is 1. The summed E-state index contributed by atoms with van der Waals surface area (Å²) in [4.78, 5) is 23.3. The number of urea groups is 1. The Morgan fingerprint density at radius 3 is 2.30 bits per heavy atom. The molecule has 2 rings (SSSR count). The Kier molecular flexibility index (Phi) is 6.00. The van der Waals surface area contributed by atoms with Crippen LogP contribution in [0.25, 0.3) is 0 Å². The van der Waals surface area contributed by atoms with Crippen LogP contribution in [-0.4, -0.2) is 18.6 Å². The number of benzene rings is 2. The number of carbonyl (C=O) groups excluding carboxylic acids is 2. The van der Waals surface area contributed by atoms with Crippen LogP contribution in [0, 0.1) is 0 Å². The van der Waals surface area contributed by atoms with Crippen molar-refractivity contribution in [2.75, 3.05) is 11.9 Å². The monoisotopic (exact) mass is 332 g/mol. The summed E-state index contributed by atoms with van der Waals surface area (Å²) in [6.45, 7) is 2.45. The molecule has 5 nitrogen and oxygen atoms in total. The van der Waals surface area contributed by atoms with Gasteiger partial charge in [0.05, 0.1) is 12.2 Å². The van der Waals surface area contributed by atoms with Crippen molar-refractivity contribution in [3.8, 4) is 0 Å². The molecule has 0 aliphatic heterocycles. The number of anilines is 1. The van der Waals surface area contributed by atoms with Crippen molar-refractivity contribution in [3.05, 3.63) is 64.7 Å². The molecule has 23 heavy (non-hydrogen) atoms. The molecule has 0 bridgehead atoms. The van der Waals surface area contributed by atoms with Crippen LogP contribution in [0.4, 0.5) is 10.5 Å². The highest BCUT2D eigenvalue weighted by Crippen LogP contribution is 2.13. The molecule has 0 fully saturated rings. The van der Waals surface area contributed by atoms with Crippen LogP contribution in [0.1, 0.15) is 22.8 Å². The Hall–Kier alpha value is -2.53. The first-order chi connectivity index (χ1) is 11.1. The van der Waals surface area contributed by atoms with Crippen LogP contribution in [0.3, 0.4) is 0 Å². The van der Waals surface area contributed by atoms with Gasteiger partial charge >= 0.3 is 12.0 Å². The van der Waals surface area contributed by atoms with Gasteiger partial charge in [-0.1, -0.05) is 23.7 Å². The average Bonchev–Trinajstić information content (AvgIpc) is 2.56. The standard InChI is InChI=1S/C17H17ClN2O3/c1-2-23-16(21)13-5-3-12(4-6-13)11-19-17(22)20-15-9-7-14(18)8-10-15/h3-10H,2,11H2,1H3,(H2,19,20,22). The largest absolute Gasteiger partial charge is 0.462 e. The molecule has 0 aromatic heterocycles. The first-order valence-electron chi connectivity index (χ1n) is 7.15. The molecule has 0 heterocycles. The summed E-state index contributed by atoms with van der Waals surface area (Å²) < 4.78 is 4.91. The lowest BCUT2D eigenvalue weighted by Crippen LogP contribution is -2.28. The van der Waals surface area contributed by atoms with E-state index in [1.165, 1.54) is 0 Å². The minimum atomic E-state index is -0.354. The number of rotatable bonds is 5. The minimum absolute atomic E-state index is 0.318. The van der Waals surface area contributed by atoms with Gasteiger partial charge in [-0.25, -0.2) is 9.59 Å². The highest BCUT2D eigenvalue weighted by atomic mass is 35.5. The van der Waals surface area contributed by atoms with E-state index in [4.69, 9.17) is 16.3 Å². The molecule has 0 unspecified atom stereocenters. The number of hydrogen-bond donors (Lipinski definition) is 2. The Labute approximate surface area is 139 Å². The van der Waals surface area contributed by atoms with Crippen LogP contribution >= 0.6 is 11.6 Å². The second-order valence-electron chi connectivity index (χ2n) is 4.73. The predicted octanol–water partition coefficient (Wildman–Crippen LogP) is 3.84. The SMILES string of the molecule is CCOC(=O)c1ccc(CNC(=O)Nc2ccc(Cl)cc2)cc1. The Bertz CT molecular complexity index is 669. The van der Waals surface area contributed by atoms with Gasteiger partial charge in [0.1, 0.15) is 0 Å². The highest BCUT2D eigenvalue weighted by Gasteiger charge is 2.06. The van der Waals surface area contributed by atoms with E-state index in [-0.39, 0.29) is 12.0 Å². The van der Waals surface area contributed by atoms with Gasteiger partial charge in [0.15, 0.2) is 0 Å². The quantitative estimate of drug-likeness (QED) is 0.817. The predicted molar refractivity (Wildman–Crippen MR) is 89.7 cm³/mol. The molecule has 120 valence electrons. The van der Waals surface area contributed by atoms with Crippen LogP contribution in [-0.2, 0) is 11.3 Å². The van der Waals surface area contributed by atoms with E-state index < -0.39 is 0 Å². The van der Waals surface area contributed by atoms with Crippen molar-refractivity contribution >= 4 is 29.3 Å². The van der Waals surface area contributed by atoms with E-state index in [1.807, 2.05) is 0 Å². The van der Waals surface area contributed by atoms with Crippen molar-refractivity contribution in [1.82, 2.24) is 5.32 Å². The molecular weight excluding hydrogens is 316 g/mol. The highest BCUT2D eigenvalue weighted by molar-refractivity contribution is 6.30. The van der Waals surface area contributed by atoms with Crippen molar-refractivity contribution < 1.29 is 14.3 Å². The summed E-state index contributed by atoms with van der Waals surface area (Å²) in [5.74, 6) is -0.354. The number of ether oxygens (including phenoxy) is 1. The molecule has 0 radical (unpaired) electrons. The second kappa shape index (κ2) is 8.19. The van der Waals surface area contributed by atoms with E-state index >= 15 is 0 Å². The van der Waals surface area contributed by atoms with Gasteiger partial charge in [-0.05, 0) is 48.9 Å². The molecule has 2 amide bonds. The third-order valence-electron chi connectivity index (χ3n) is 3.02. The minimum Gasteiger partial charge on any atom is -0.462 e. The summed E-state index contributed by atoms with van der Waals surface area (Å²) in [7, 11) is 0. The summed E-state index contributed by atoms with van der Waals surface area (Å²) in [5, 5.41) is 6.05. The Morgan fingerprint density at radius 1 is 1.04 bits per heavy atom. The maximum absolute atomic E-state index is 11.8. The zero-order valence-electron chi connectivity index (χ0n) is 12.6. The molecule has 6 heteroatoms. The summed E-state index contributed by atoms with van der Waals surface area (Å²) in [6.07, 6.45) is 0. The van der Waals surface area contributed by atoms with E-state index in [1.54, 1.807) is 55.5 Å². The van der Waals surface area contributed by atoms with Crippen LogP contribution < -0.4 is 10.6 Å². The number of hydrogen-bond acceptors (Lipinski definition) is 3. The maximum atomic E-state index is 11.8. The second-order valence-corrected chi connectivity index (χ2v) is 5.17. The van der Waals surface area contributed by atoms with Crippen LogP contribution in [0.2, 0.25) is 5.02 Å². The number of nitrogens with one attached hydrogen (secondary N) is 2. The Morgan fingerprint density at radius 2 is 1.70 bits per heavy atom. The number of carbonyl (C=O) groups is 2. The fourth-order valence-corrected chi connectivity index (χ4v) is 1.99. The van der Waals surface area contributed by atoms with Crippen molar-refractivity contribution in [1.29, 1.82) is 0 Å². The van der Waals surface area contributed by atoms with E-state index in [2.05, 4.69) is 10.6 Å². The van der Waals surface area contributed by atoms with E-state index in [9.17, 15) is 9.59 Å². The summed E-state index contributed by atoms with van der Waals surface area (Å²) in [5.41, 5.74) is 2.02. The Balaban J connectivity index is 1.84. The molecular formula is C17H17ClN2O3. The lowest BCUT2D eigenvalue weighted by molar-refractivity contribution is 0.0526. The lowest BCUT2D eigenvalue weighted by atomic mass is 10.1. The molecule has 2 N–H and O–H groups in total. The van der Waals surface area contributed by atoms with Gasteiger partial charge < -0.3 is 15.4 Å². The molecule has 2 aromatic rings. The molecule has 0 saturated carbocycles. The molecule has 0 spiro atoms. The van der Waals surface area contributed by atoms with Gasteiger partial charge in [0, 0.05) is 17.3 Å². The zero-order valence-corrected chi connectivity index (χ0v) is 13.4. The lowest BCUT2D eigenvalue weighted by Gasteiger charge is -2.08. The fourth-order valence-electron chi connectivity index (χ4n) is 1.86. The van der Waals surface area contributed by atoms with Crippen molar-refractivity contribution in [3.63, 3.8) is 0 Å². The van der Waals surface area contributed by atoms with Crippen molar-refractivity contribution in [2.45, 2.75) is 13.5 Å². The first-order valence-corrected chi connectivity index (χ1v) is 7.52. The summed E-state index contributed by atoms with van der Waals surface area (Å²) >= 11 is 5.78. The normalized spacial score (nSPS) is 10.0. The van der Waals surface area contributed by atoms with Crippen molar-refractivity contribution in [2.24, 2.45) is 0 Å². The van der Waals surface area contributed by atoms with E-state index in [0.29, 0.717) is 29.4 Å². The third kappa shape index (κ3) is 5.30. The van der Waals surface area contributed by atoms with Gasteiger partial charge in [-0.2, -0.15) is 0 Å². The third-order valence-corrected chi connectivity index (χ3v) is 3.27. The number of amides is 2. The van der Waals surface area contributed by atoms with Gasteiger partial charge in [-0.15, -0.1) is 0 Å². The molecule has 0 aliphatic rings. The fraction of sp³-hybridized carbons (Fsp3) is 0.176. The van der Waals surface area contributed by atoms with Gasteiger partial charge in [0.2, 0.25) is 0 Å². The van der Waals surface area contributed by atoms with Crippen LogP contribution in [0.15, 0.2) is 48.5 Å². The average molecular weight is 333 g/mol. The summed E-state index contributed by atoms with van der Waals surface area (Å²) in [6, 6.07) is 13.4. The molecule has 0 aliphatic carbocycles. The van der Waals surface area contributed by atoms with Gasteiger partial charge in [0.25, 0.3) is 0 Å². The maximum Gasteiger partial charge on any atom is 0.338 e. The van der Waals surface area contributed by atoms with E-state index in [0.717, 1.165) is 5.56 Å². The molecule has 0 saturated heterocycles. The van der Waals surface area contributed by atoms with Gasteiger partial charge in [-0.3, -0.25) is 0 Å².